The summed E-state index contributed by atoms with van der Waals surface area (Å²) in [4.78, 5) is 0. The first kappa shape index (κ1) is 21.4. The highest BCUT2D eigenvalue weighted by Gasteiger charge is 2.40. The van der Waals surface area contributed by atoms with E-state index in [1.807, 2.05) is 6.08 Å². The van der Waals surface area contributed by atoms with Crippen LogP contribution in [0.15, 0.2) is 12.3 Å². The van der Waals surface area contributed by atoms with E-state index in [-0.39, 0.29) is 13.2 Å². The van der Waals surface area contributed by atoms with Gasteiger partial charge in [-0.1, -0.05) is 58.3 Å². The Labute approximate surface area is 146 Å². The molecule has 0 spiro atoms. The lowest BCUT2D eigenvalue weighted by Gasteiger charge is -2.23. The van der Waals surface area contributed by atoms with Gasteiger partial charge in [-0.3, -0.25) is 0 Å². The lowest BCUT2D eigenvalue weighted by molar-refractivity contribution is -0.0737. The molecule has 0 saturated carbocycles. The summed E-state index contributed by atoms with van der Waals surface area (Å²) >= 11 is 0. The van der Waals surface area contributed by atoms with Crippen molar-refractivity contribution in [3.8, 4) is 0 Å². The van der Waals surface area contributed by atoms with E-state index < -0.39 is 24.4 Å². The van der Waals surface area contributed by atoms with Gasteiger partial charge in [0.15, 0.2) is 0 Å². The Morgan fingerprint density at radius 2 is 1.67 bits per heavy atom. The van der Waals surface area contributed by atoms with Gasteiger partial charge in [0.1, 0.15) is 24.4 Å². The molecular formula is C19H36O5. The fraction of sp³-hybridized carbons (Fsp3) is 0.895. The quantitative estimate of drug-likeness (QED) is 0.333. The Bertz CT molecular complexity index is 321. The summed E-state index contributed by atoms with van der Waals surface area (Å²) in [6.45, 7) is 2.07. The Kier molecular flexibility index (Phi) is 12.2. The maximum Gasteiger partial charge on any atom is 0.149 e. The molecule has 0 aromatic heterocycles. The van der Waals surface area contributed by atoms with Crippen molar-refractivity contribution >= 4 is 0 Å². The molecule has 1 rings (SSSR count). The molecule has 0 aromatic carbocycles. The summed E-state index contributed by atoms with van der Waals surface area (Å²) < 4.78 is 10.7. The van der Waals surface area contributed by atoms with E-state index in [4.69, 9.17) is 9.47 Å². The highest BCUT2D eigenvalue weighted by molar-refractivity contribution is 4.90. The van der Waals surface area contributed by atoms with E-state index in [0.717, 1.165) is 12.8 Å². The minimum absolute atomic E-state index is 0.0772. The minimum atomic E-state index is -1.01. The van der Waals surface area contributed by atoms with Gasteiger partial charge in [0, 0.05) is 0 Å². The second kappa shape index (κ2) is 13.6. The van der Waals surface area contributed by atoms with Crippen molar-refractivity contribution in [3.63, 3.8) is 0 Å². The van der Waals surface area contributed by atoms with E-state index in [9.17, 15) is 15.3 Å². The highest BCUT2D eigenvalue weighted by Crippen LogP contribution is 2.19. The fourth-order valence-electron chi connectivity index (χ4n) is 2.97. The topological polar surface area (TPSA) is 79.2 Å². The van der Waals surface area contributed by atoms with Crippen LogP contribution in [0, 0.1) is 0 Å². The summed E-state index contributed by atoms with van der Waals surface area (Å²) in [5.74, 6) is 0. The van der Waals surface area contributed by atoms with Crippen LogP contribution in [0.3, 0.4) is 0 Å². The van der Waals surface area contributed by atoms with Crippen LogP contribution in [-0.2, 0) is 9.47 Å². The number of aliphatic hydroxyl groups excluding tert-OH is 3. The third kappa shape index (κ3) is 8.47. The second-order valence-corrected chi connectivity index (χ2v) is 6.70. The molecule has 3 N–H and O–H groups in total. The van der Waals surface area contributed by atoms with Crippen LogP contribution in [0.1, 0.15) is 71.1 Å². The monoisotopic (exact) mass is 344 g/mol. The molecule has 0 unspecified atom stereocenters. The average molecular weight is 344 g/mol. The Hall–Kier alpha value is -0.620. The van der Waals surface area contributed by atoms with Crippen molar-refractivity contribution in [1.82, 2.24) is 0 Å². The zero-order valence-corrected chi connectivity index (χ0v) is 15.1. The van der Waals surface area contributed by atoms with E-state index in [1.165, 1.54) is 51.4 Å². The predicted octanol–water partition coefficient (Wildman–Crippen LogP) is 2.92. The molecule has 0 aliphatic carbocycles. The molecule has 1 fully saturated rings. The SMILES string of the molecule is CCCCCCCCCCC/C=C/O[C@H](CO)[C@@H]1OC[C@H](O)[C@@H]1O. The van der Waals surface area contributed by atoms with Crippen LogP contribution in [-0.4, -0.2) is 52.9 Å². The lowest BCUT2D eigenvalue weighted by Crippen LogP contribution is -2.41. The number of aliphatic hydroxyl groups is 3. The van der Waals surface area contributed by atoms with Gasteiger partial charge in [-0.2, -0.15) is 0 Å². The van der Waals surface area contributed by atoms with Gasteiger partial charge < -0.3 is 24.8 Å². The van der Waals surface area contributed by atoms with Gasteiger partial charge in [-0.25, -0.2) is 0 Å². The summed E-state index contributed by atoms with van der Waals surface area (Å²) in [5.41, 5.74) is 0. The molecule has 142 valence electrons. The predicted molar refractivity (Wildman–Crippen MR) is 94.7 cm³/mol. The first-order valence-corrected chi connectivity index (χ1v) is 9.59. The van der Waals surface area contributed by atoms with Gasteiger partial charge in [0.2, 0.25) is 0 Å². The number of hydrogen-bond donors (Lipinski definition) is 3. The van der Waals surface area contributed by atoms with E-state index in [2.05, 4.69) is 6.92 Å². The summed E-state index contributed by atoms with van der Waals surface area (Å²) in [6, 6.07) is 0. The zero-order chi connectivity index (χ0) is 17.6. The lowest BCUT2D eigenvalue weighted by atomic mass is 10.1. The Morgan fingerprint density at radius 1 is 1.04 bits per heavy atom. The average Bonchev–Trinajstić information content (AvgIpc) is 2.92. The molecule has 5 heteroatoms. The minimum Gasteiger partial charge on any atom is -0.493 e. The van der Waals surface area contributed by atoms with E-state index >= 15 is 0 Å². The molecular weight excluding hydrogens is 308 g/mol. The molecule has 1 saturated heterocycles. The molecule has 0 amide bonds. The van der Waals surface area contributed by atoms with Crippen molar-refractivity contribution < 1.29 is 24.8 Å². The van der Waals surface area contributed by atoms with Crippen LogP contribution in [0.25, 0.3) is 0 Å². The molecule has 1 heterocycles. The summed E-state index contributed by atoms with van der Waals surface area (Å²) in [7, 11) is 0. The van der Waals surface area contributed by atoms with Crippen LogP contribution in [0.5, 0.6) is 0 Å². The van der Waals surface area contributed by atoms with Crippen LogP contribution in [0.2, 0.25) is 0 Å². The molecule has 24 heavy (non-hydrogen) atoms. The molecule has 0 aromatic rings. The molecule has 5 nitrogen and oxygen atoms in total. The number of rotatable bonds is 14. The van der Waals surface area contributed by atoms with Crippen LogP contribution < -0.4 is 0 Å². The molecule has 4 atom stereocenters. The van der Waals surface area contributed by atoms with Crippen molar-refractivity contribution in [1.29, 1.82) is 0 Å². The van der Waals surface area contributed by atoms with Crippen molar-refractivity contribution in [2.24, 2.45) is 0 Å². The third-order valence-corrected chi connectivity index (χ3v) is 4.56. The molecule has 1 aliphatic rings. The fourth-order valence-corrected chi connectivity index (χ4v) is 2.97. The van der Waals surface area contributed by atoms with E-state index in [0.29, 0.717) is 0 Å². The van der Waals surface area contributed by atoms with Gasteiger partial charge in [0.05, 0.1) is 19.5 Å². The van der Waals surface area contributed by atoms with Crippen LogP contribution >= 0.6 is 0 Å². The van der Waals surface area contributed by atoms with Crippen LogP contribution in [0.4, 0.5) is 0 Å². The first-order chi connectivity index (χ1) is 11.7. The normalized spacial score (nSPS) is 25.4. The third-order valence-electron chi connectivity index (χ3n) is 4.56. The maximum absolute atomic E-state index is 9.76. The number of allylic oxidation sites excluding steroid dienone is 1. The zero-order valence-electron chi connectivity index (χ0n) is 15.1. The van der Waals surface area contributed by atoms with Gasteiger partial charge in [0.25, 0.3) is 0 Å². The number of unbranched alkanes of at least 4 members (excludes halogenated alkanes) is 9. The largest absolute Gasteiger partial charge is 0.493 e. The summed E-state index contributed by atoms with van der Waals surface area (Å²) in [6.07, 6.45) is 13.0. The van der Waals surface area contributed by atoms with Gasteiger partial charge >= 0.3 is 0 Å². The smallest absolute Gasteiger partial charge is 0.149 e. The maximum atomic E-state index is 9.76. The van der Waals surface area contributed by atoms with Crippen molar-refractivity contribution in [2.45, 2.75) is 95.5 Å². The van der Waals surface area contributed by atoms with Crippen molar-refractivity contribution in [2.75, 3.05) is 13.2 Å². The molecule has 0 bridgehead atoms. The standard InChI is InChI=1S/C19H36O5/c1-2-3-4-5-6-7-8-9-10-11-12-13-23-17(14-20)19-18(22)16(21)15-24-19/h12-13,16-22H,2-11,14-15H2,1H3/b13-12+/t16-,17+,18-,19-/m0/s1. The first-order valence-electron chi connectivity index (χ1n) is 9.59. The highest BCUT2D eigenvalue weighted by atomic mass is 16.6. The Morgan fingerprint density at radius 3 is 2.21 bits per heavy atom. The second-order valence-electron chi connectivity index (χ2n) is 6.70. The van der Waals surface area contributed by atoms with E-state index in [1.54, 1.807) is 6.26 Å². The van der Waals surface area contributed by atoms with Gasteiger partial charge in [-0.05, 0) is 18.9 Å². The summed E-state index contributed by atoms with van der Waals surface area (Å²) in [5, 5.41) is 28.6. The molecule has 0 radical (unpaired) electrons. The van der Waals surface area contributed by atoms with Crippen molar-refractivity contribution in [3.05, 3.63) is 12.3 Å². The van der Waals surface area contributed by atoms with Gasteiger partial charge in [-0.15, -0.1) is 0 Å². The number of ether oxygens (including phenoxy) is 2. The Balaban J connectivity index is 2.00. The molecule has 1 aliphatic heterocycles. The number of hydrogen-bond acceptors (Lipinski definition) is 5.